The van der Waals surface area contributed by atoms with Gasteiger partial charge in [-0.3, -0.25) is 0 Å². The van der Waals surface area contributed by atoms with E-state index in [0.717, 1.165) is 17.9 Å². The summed E-state index contributed by atoms with van der Waals surface area (Å²) in [6, 6.07) is 5.52. The van der Waals surface area contributed by atoms with Crippen molar-refractivity contribution in [2.24, 2.45) is 5.92 Å². The molecule has 2 aromatic rings. The number of hydrogen-bond donors (Lipinski definition) is 1. The van der Waals surface area contributed by atoms with E-state index < -0.39 is 0 Å². The maximum Gasteiger partial charge on any atom is 0.184 e. The molecule has 1 aromatic heterocycles. The van der Waals surface area contributed by atoms with Crippen molar-refractivity contribution in [1.29, 1.82) is 0 Å². The average molecular weight is 259 g/mol. The summed E-state index contributed by atoms with van der Waals surface area (Å²) in [7, 11) is 1.63. The zero-order valence-electron chi connectivity index (χ0n) is 10.9. The predicted octanol–water partition coefficient (Wildman–Crippen LogP) is 1.73. The largest absolute Gasteiger partial charge is 0.497 e. The number of anilines is 1. The maximum absolute atomic E-state index is 6.02. The van der Waals surface area contributed by atoms with Gasteiger partial charge in [0.05, 0.1) is 7.11 Å². The van der Waals surface area contributed by atoms with E-state index in [0.29, 0.717) is 17.4 Å². The minimum Gasteiger partial charge on any atom is -0.497 e. The first-order valence-electron chi connectivity index (χ1n) is 6.48. The van der Waals surface area contributed by atoms with Gasteiger partial charge in [0.1, 0.15) is 5.75 Å². The molecule has 0 bridgehead atoms. The van der Waals surface area contributed by atoms with Crippen LogP contribution in [0.1, 0.15) is 19.3 Å². The summed E-state index contributed by atoms with van der Waals surface area (Å²) >= 11 is 0. The van der Waals surface area contributed by atoms with Gasteiger partial charge < -0.3 is 10.5 Å². The molecule has 1 heterocycles. The quantitative estimate of drug-likeness (QED) is 0.846. The van der Waals surface area contributed by atoms with Crippen LogP contribution in [0, 0.1) is 5.92 Å². The van der Waals surface area contributed by atoms with E-state index in [-0.39, 0.29) is 0 Å². The summed E-state index contributed by atoms with van der Waals surface area (Å²) in [5.41, 5.74) is 7.50. The monoisotopic (exact) mass is 259 g/mol. The fraction of sp³-hybridized carbons (Fsp3) is 0.462. The summed E-state index contributed by atoms with van der Waals surface area (Å²) in [6.07, 6.45) is 3.82. The zero-order chi connectivity index (χ0) is 13.2. The Labute approximate surface area is 111 Å². The SMILES string of the molecule is COc1ccc(N)c(-c2nnnn2CC2CCC2)c1. The van der Waals surface area contributed by atoms with E-state index in [1.165, 1.54) is 19.3 Å². The first kappa shape index (κ1) is 12.0. The van der Waals surface area contributed by atoms with Crippen LogP contribution in [0.2, 0.25) is 0 Å². The molecule has 0 saturated heterocycles. The van der Waals surface area contributed by atoms with Crippen molar-refractivity contribution < 1.29 is 4.74 Å². The van der Waals surface area contributed by atoms with E-state index >= 15 is 0 Å². The van der Waals surface area contributed by atoms with Crippen LogP contribution in [0.3, 0.4) is 0 Å². The average Bonchev–Trinajstić information content (AvgIpc) is 2.82. The second-order valence-corrected chi connectivity index (χ2v) is 4.93. The molecule has 1 aliphatic carbocycles. The lowest BCUT2D eigenvalue weighted by atomic mass is 9.85. The molecule has 6 nitrogen and oxygen atoms in total. The van der Waals surface area contributed by atoms with Crippen molar-refractivity contribution in [2.75, 3.05) is 12.8 Å². The molecule has 2 N–H and O–H groups in total. The Morgan fingerprint density at radius 2 is 2.26 bits per heavy atom. The van der Waals surface area contributed by atoms with Gasteiger partial charge in [0.25, 0.3) is 0 Å². The van der Waals surface area contributed by atoms with Crippen LogP contribution < -0.4 is 10.5 Å². The molecule has 3 rings (SSSR count). The van der Waals surface area contributed by atoms with Crippen LogP contribution in [0.15, 0.2) is 18.2 Å². The van der Waals surface area contributed by atoms with Crippen molar-refractivity contribution in [2.45, 2.75) is 25.8 Å². The number of aromatic nitrogens is 4. The topological polar surface area (TPSA) is 78.8 Å². The molecule has 0 unspecified atom stereocenters. The molecule has 0 spiro atoms. The Bertz CT molecular complexity index is 576. The van der Waals surface area contributed by atoms with Crippen LogP contribution in [-0.2, 0) is 6.54 Å². The lowest BCUT2D eigenvalue weighted by Crippen LogP contribution is -2.19. The van der Waals surface area contributed by atoms with Crippen molar-refractivity contribution in [1.82, 2.24) is 20.2 Å². The third-order valence-corrected chi connectivity index (χ3v) is 3.69. The van der Waals surface area contributed by atoms with Crippen LogP contribution in [-0.4, -0.2) is 27.3 Å². The molecule has 6 heteroatoms. The molecule has 100 valence electrons. The van der Waals surface area contributed by atoms with Gasteiger partial charge in [-0.2, -0.15) is 0 Å². The van der Waals surface area contributed by atoms with E-state index in [1.54, 1.807) is 7.11 Å². The molecule has 0 atom stereocenters. The molecular weight excluding hydrogens is 242 g/mol. The number of nitrogens with two attached hydrogens (primary N) is 1. The number of rotatable bonds is 4. The smallest absolute Gasteiger partial charge is 0.184 e. The lowest BCUT2D eigenvalue weighted by Gasteiger charge is -2.25. The molecule has 0 aliphatic heterocycles. The highest BCUT2D eigenvalue weighted by molar-refractivity contribution is 5.73. The van der Waals surface area contributed by atoms with Crippen LogP contribution in [0.5, 0.6) is 5.75 Å². The van der Waals surface area contributed by atoms with E-state index in [1.807, 2.05) is 22.9 Å². The molecule has 1 aromatic carbocycles. The molecule has 0 amide bonds. The molecule has 1 fully saturated rings. The van der Waals surface area contributed by atoms with E-state index in [2.05, 4.69) is 15.5 Å². The Morgan fingerprint density at radius 3 is 2.95 bits per heavy atom. The fourth-order valence-corrected chi connectivity index (χ4v) is 2.30. The van der Waals surface area contributed by atoms with Crippen molar-refractivity contribution in [3.05, 3.63) is 18.2 Å². The molecular formula is C13H17N5O. The highest BCUT2D eigenvalue weighted by atomic mass is 16.5. The lowest BCUT2D eigenvalue weighted by molar-refractivity contribution is 0.265. The Kier molecular flexibility index (Phi) is 3.06. The number of hydrogen-bond acceptors (Lipinski definition) is 5. The van der Waals surface area contributed by atoms with E-state index in [4.69, 9.17) is 10.5 Å². The highest BCUT2D eigenvalue weighted by Gasteiger charge is 2.21. The van der Waals surface area contributed by atoms with Gasteiger partial charge in [0, 0.05) is 17.8 Å². The number of methoxy groups -OCH3 is 1. The zero-order valence-corrected chi connectivity index (χ0v) is 10.9. The van der Waals surface area contributed by atoms with Gasteiger partial charge in [-0.1, -0.05) is 6.42 Å². The van der Waals surface area contributed by atoms with Gasteiger partial charge in [-0.15, -0.1) is 5.10 Å². The van der Waals surface area contributed by atoms with Gasteiger partial charge in [-0.05, 0) is 47.4 Å². The molecule has 1 saturated carbocycles. The van der Waals surface area contributed by atoms with Gasteiger partial charge in [0.2, 0.25) is 0 Å². The third-order valence-electron chi connectivity index (χ3n) is 3.69. The Hall–Kier alpha value is -2.11. The minimum atomic E-state index is 0.658. The van der Waals surface area contributed by atoms with Crippen LogP contribution in [0.4, 0.5) is 5.69 Å². The number of nitrogen functional groups attached to an aromatic ring is 1. The summed E-state index contributed by atoms with van der Waals surface area (Å²) in [5.74, 6) is 2.15. The maximum atomic E-state index is 6.02. The number of benzene rings is 1. The first-order valence-corrected chi connectivity index (χ1v) is 6.48. The first-order chi connectivity index (χ1) is 9.28. The van der Waals surface area contributed by atoms with E-state index in [9.17, 15) is 0 Å². The Balaban J connectivity index is 1.94. The van der Waals surface area contributed by atoms with Gasteiger partial charge >= 0.3 is 0 Å². The normalized spacial score (nSPS) is 15.2. The summed E-state index contributed by atoms with van der Waals surface area (Å²) in [4.78, 5) is 0. The summed E-state index contributed by atoms with van der Waals surface area (Å²) in [5, 5.41) is 11.9. The number of ether oxygens (including phenoxy) is 1. The van der Waals surface area contributed by atoms with Gasteiger partial charge in [0.15, 0.2) is 5.82 Å². The Morgan fingerprint density at radius 1 is 1.42 bits per heavy atom. The number of nitrogens with zero attached hydrogens (tertiary/aromatic N) is 4. The van der Waals surface area contributed by atoms with Crippen molar-refractivity contribution in [3.63, 3.8) is 0 Å². The highest BCUT2D eigenvalue weighted by Crippen LogP contribution is 2.31. The standard InChI is InChI=1S/C13H17N5O/c1-19-10-5-6-12(14)11(7-10)13-15-16-17-18(13)8-9-3-2-4-9/h5-7,9H,2-4,8,14H2,1H3. The molecule has 1 aliphatic rings. The van der Waals surface area contributed by atoms with Crippen molar-refractivity contribution in [3.8, 4) is 17.1 Å². The summed E-state index contributed by atoms with van der Waals surface area (Å²) in [6.45, 7) is 0.860. The summed E-state index contributed by atoms with van der Waals surface area (Å²) < 4.78 is 7.07. The van der Waals surface area contributed by atoms with Crippen LogP contribution >= 0.6 is 0 Å². The second kappa shape index (κ2) is 4.87. The van der Waals surface area contributed by atoms with Crippen LogP contribution in [0.25, 0.3) is 11.4 Å². The predicted molar refractivity (Wildman–Crippen MR) is 71.6 cm³/mol. The molecule has 19 heavy (non-hydrogen) atoms. The fourth-order valence-electron chi connectivity index (χ4n) is 2.30. The van der Waals surface area contributed by atoms with Crippen molar-refractivity contribution >= 4 is 5.69 Å². The third kappa shape index (κ3) is 2.25. The minimum absolute atomic E-state index is 0.658. The van der Waals surface area contributed by atoms with Gasteiger partial charge in [-0.25, -0.2) is 4.68 Å². The molecule has 0 radical (unpaired) electrons. The second-order valence-electron chi connectivity index (χ2n) is 4.93. The number of tetrazole rings is 1.